The molecule has 3 rings (SSSR count). The van der Waals surface area contributed by atoms with Crippen LogP contribution in [0.1, 0.15) is 39.3 Å². The van der Waals surface area contributed by atoms with Gasteiger partial charge < -0.3 is 0 Å². The summed E-state index contributed by atoms with van der Waals surface area (Å²) >= 11 is 0. The summed E-state index contributed by atoms with van der Waals surface area (Å²) in [5.41, 5.74) is 1.21. The van der Waals surface area contributed by atoms with E-state index in [1.807, 2.05) is 20.8 Å². The maximum Gasteiger partial charge on any atom is 0.0975 e. The molecule has 146 valence electrons. The van der Waals surface area contributed by atoms with Gasteiger partial charge in [-0.2, -0.15) is 0 Å². The van der Waals surface area contributed by atoms with Gasteiger partial charge in [0.15, 0.2) is 0 Å². The predicted octanol–water partition coefficient (Wildman–Crippen LogP) is 4.56. The second-order valence-corrected chi connectivity index (χ2v) is 12.0. The van der Waals surface area contributed by atoms with Gasteiger partial charge in [-0.05, 0) is 57.1 Å². The zero-order valence-corrected chi connectivity index (χ0v) is 18.6. The Balaban J connectivity index is 2.06. The molecule has 0 unspecified atom stereocenters. The van der Waals surface area contributed by atoms with Crippen molar-refractivity contribution >= 4 is 34.8 Å². The number of nitrogens with one attached hydrogen (secondary N) is 1. The number of hydrogen-bond donors (Lipinski definition) is 1. The van der Waals surface area contributed by atoms with Gasteiger partial charge in [-0.25, -0.2) is 8.93 Å². The fraction of sp³-hybridized carbons (Fsp3) is 0.250. The van der Waals surface area contributed by atoms with E-state index in [1.165, 1.54) is 21.5 Å². The first kappa shape index (κ1) is 20.9. The van der Waals surface area contributed by atoms with Crippen LogP contribution in [0.3, 0.4) is 0 Å². The highest BCUT2D eigenvalue weighted by molar-refractivity contribution is 7.84. The van der Waals surface area contributed by atoms with Crippen LogP contribution >= 0.6 is 7.92 Å². The van der Waals surface area contributed by atoms with Crippen LogP contribution in [0.25, 0.3) is 0 Å². The highest BCUT2D eigenvalue weighted by Crippen LogP contribution is 2.35. The molecule has 0 bridgehead atoms. The van der Waals surface area contributed by atoms with Gasteiger partial charge in [0.2, 0.25) is 0 Å². The molecule has 28 heavy (non-hydrogen) atoms. The zero-order valence-electron chi connectivity index (χ0n) is 16.9. The molecule has 0 saturated carbocycles. The fourth-order valence-electron chi connectivity index (χ4n) is 3.04. The Hall–Kier alpha value is -1.80. The van der Waals surface area contributed by atoms with Gasteiger partial charge in [-0.1, -0.05) is 84.9 Å². The molecule has 2 nitrogen and oxygen atoms in total. The third kappa shape index (κ3) is 4.97. The van der Waals surface area contributed by atoms with Crippen molar-refractivity contribution in [2.75, 3.05) is 0 Å². The molecular formula is C24H28NOPS. The normalized spacial score (nSPS) is 14.0. The van der Waals surface area contributed by atoms with Crippen LogP contribution in [0.5, 0.6) is 0 Å². The van der Waals surface area contributed by atoms with E-state index in [-0.39, 0.29) is 10.8 Å². The van der Waals surface area contributed by atoms with Gasteiger partial charge in [-0.3, -0.25) is 0 Å². The molecular weight excluding hydrogens is 381 g/mol. The molecule has 3 aromatic carbocycles. The summed E-state index contributed by atoms with van der Waals surface area (Å²) < 4.78 is 15.7. The van der Waals surface area contributed by atoms with E-state index < -0.39 is 18.9 Å². The maximum absolute atomic E-state index is 12.7. The monoisotopic (exact) mass is 409 g/mol. The first-order valence-electron chi connectivity index (χ1n) is 9.55. The van der Waals surface area contributed by atoms with Crippen molar-refractivity contribution in [3.63, 3.8) is 0 Å². The smallest absolute Gasteiger partial charge is 0.0975 e. The molecule has 2 atom stereocenters. The highest BCUT2D eigenvalue weighted by Gasteiger charge is 2.25. The van der Waals surface area contributed by atoms with Crippen molar-refractivity contribution in [2.24, 2.45) is 0 Å². The highest BCUT2D eigenvalue weighted by atomic mass is 32.2. The SMILES string of the molecule is C[C@@H](N[S@@](=O)C(C)(C)C)c1ccccc1P(c1ccccc1)c1ccccc1. The average molecular weight is 410 g/mol. The van der Waals surface area contributed by atoms with Gasteiger partial charge in [0.25, 0.3) is 0 Å². The zero-order chi connectivity index (χ0) is 20.1. The van der Waals surface area contributed by atoms with Crippen molar-refractivity contribution in [3.05, 3.63) is 90.5 Å². The van der Waals surface area contributed by atoms with E-state index in [2.05, 4.69) is 96.6 Å². The third-order valence-corrected chi connectivity index (χ3v) is 8.71. The van der Waals surface area contributed by atoms with Crippen LogP contribution in [0, 0.1) is 0 Å². The molecule has 0 aliphatic heterocycles. The summed E-state index contributed by atoms with van der Waals surface area (Å²) in [5.74, 6) is 0. The number of hydrogen-bond acceptors (Lipinski definition) is 1. The molecule has 0 amide bonds. The largest absolute Gasteiger partial charge is 0.242 e. The molecule has 4 heteroatoms. The van der Waals surface area contributed by atoms with Crippen molar-refractivity contribution in [1.29, 1.82) is 0 Å². The lowest BCUT2D eigenvalue weighted by atomic mass is 10.1. The van der Waals surface area contributed by atoms with Crippen LogP contribution in [0.4, 0.5) is 0 Å². The van der Waals surface area contributed by atoms with Gasteiger partial charge in [0.1, 0.15) is 0 Å². The van der Waals surface area contributed by atoms with Gasteiger partial charge in [0.05, 0.1) is 15.7 Å². The minimum absolute atomic E-state index is 0.00585. The predicted molar refractivity (Wildman–Crippen MR) is 125 cm³/mol. The summed E-state index contributed by atoms with van der Waals surface area (Å²) in [6.45, 7) is 8.09. The van der Waals surface area contributed by atoms with Crippen LogP contribution in [0.15, 0.2) is 84.9 Å². The molecule has 0 saturated heterocycles. The summed E-state index contributed by atoms with van der Waals surface area (Å²) in [7, 11) is -1.81. The third-order valence-electron chi connectivity index (χ3n) is 4.51. The summed E-state index contributed by atoms with van der Waals surface area (Å²) in [6, 6.07) is 29.9. The molecule has 0 heterocycles. The number of benzene rings is 3. The van der Waals surface area contributed by atoms with E-state index in [0.717, 1.165) is 0 Å². The molecule has 0 aromatic heterocycles. The summed E-state index contributed by atoms with van der Waals surface area (Å²) in [5, 5.41) is 3.95. The minimum Gasteiger partial charge on any atom is -0.242 e. The Bertz CT molecular complexity index is 883. The van der Waals surface area contributed by atoms with E-state index in [1.54, 1.807) is 0 Å². The van der Waals surface area contributed by atoms with E-state index in [0.29, 0.717) is 0 Å². The molecule has 0 spiro atoms. The second-order valence-electron chi connectivity index (χ2n) is 7.79. The van der Waals surface area contributed by atoms with Crippen LogP contribution in [0.2, 0.25) is 0 Å². The molecule has 0 aliphatic carbocycles. The number of rotatable bonds is 6. The summed E-state index contributed by atoms with van der Waals surface area (Å²) in [4.78, 5) is 0. The lowest BCUT2D eigenvalue weighted by Crippen LogP contribution is -2.36. The lowest BCUT2D eigenvalue weighted by molar-refractivity contribution is 0.617. The second kappa shape index (κ2) is 9.13. The maximum atomic E-state index is 12.7. The van der Waals surface area contributed by atoms with Gasteiger partial charge >= 0.3 is 0 Å². The molecule has 3 aromatic rings. The topological polar surface area (TPSA) is 29.1 Å². The Kier molecular flexibility index (Phi) is 6.82. The molecule has 0 aliphatic rings. The standard InChI is InChI=1S/C24H28NOPS/c1-19(25-28(26)24(2,3)4)22-17-11-12-18-23(22)27(20-13-7-5-8-14-20)21-15-9-6-10-16-21/h5-19,25H,1-4H3/t19-,28+/m1/s1. The van der Waals surface area contributed by atoms with Crippen LogP contribution < -0.4 is 20.6 Å². The van der Waals surface area contributed by atoms with Crippen molar-refractivity contribution in [2.45, 2.75) is 38.5 Å². The van der Waals surface area contributed by atoms with E-state index >= 15 is 0 Å². The lowest BCUT2D eigenvalue weighted by Gasteiger charge is -2.27. The molecule has 1 N–H and O–H groups in total. The van der Waals surface area contributed by atoms with Crippen LogP contribution in [-0.2, 0) is 11.0 Å². The van der Waals surface area contributed by atoms with Crippen molar-refractivity contribution in [1.82, 2.24) is 4.72 Å². The van der Waals surface area contributed by atoms with E-state index in [9.17, 15) is 4.21 Å². The fourth-order valence-corrected chi connectivity index (χ4v) is 6.40. The van der Waals surface area contributed by atoms with Gasteiger partial charge in [0, 0.05) is 6.04 Å². The van der Waals surface area contributed by atoms with Crippen molar-refractivity contribution in [3.8, 4) is 0 Å². The van der Waals surface area contributed by atoms with E-state index in [4.69, 9.17) is 0 Å². The first-order chi connectivity index (χ1) is 13.4. The van der Waals surface area contributed by atoms with Gasteiger partial charge in [-0.15, -0.1) is 0 Å². The Morgan fingerprint density at radius 1 is 0.786 bits per heavy atom. The first-order valence-corrected chi connectivity index (χ1v) is 12.0. The molecule has 0 fully saturated rings. The Labute approximate surface area is 172 Å². The molecule has 0 radical (unpaired) electrons. The van der Waals surface area contributed by atoms with Crippen molar-refractivity contribution < 1.29 is 4.21 Å². The average Bonchev–Trinajstić information content (AvgIpc) is 2.69. The quantitative estimate of drug-likeness (QED) is 0.594. The summed E-state index contributed by atoms with van der Waals surface area (Å²) in [6.07, 6.45) is 0. The minimum atomic E-state index is -1.12. The Morgan fingerprint density at radius 3 is 1.75 bits per heavy atom. The van der Waals surface area contributed by atoms with Crippen LogP contribution in [-0.4, -0.2) is 8.96 Å². The Morgan fingerprint density at radius 2 is 1.25 bits per heavy atom.